The molecule has 0 aromatic heterocycles. The van der Waals surface area contributed by atoms with Crippen LogP contribution in [-0.4, -0.2) is 24.0 Å². The molecule has 0 saturated carbocycles. The van der Waals surface area contributed by atoms with Crippen molar-refractivity contribution in [2.75, 3.05) is 0 Å². The van der Waals surface area contributed by atoms with Gasteiger partial charge in [-0.3, -0.25) is 9.35 Å². The Morgan fingerprint density at radius 3 is 2.50 bits per heavy atom. The molecule has 14 heavy (non-hydrogen) atoms. The fraction of sp³-hybridized carbons (Fsp3) is 0.125. The van der Waals surface area contributed by atoms with E-state index in [9.17, 15) is 13.2 Å². The van der Waals surface area contributed by atoms with Gasteiger partial charge in [0.15, 0.2) is 0 Å². The van der Waals surface area contributed by atoms with Gasteiger partial charge in [-0.25, -0.2) is 0 Å². The first-order valence-corrected chi connectivity index (χ1v) is 5.12. The van der Waals surface area contributed by atoms with Crippen LogP contribution < -0.4 is 0 Å². The molecular formula is C8H8O5S. The van der Waals surface area contributed by atoms with Gasteiger partial charge in [-0.15, -0.1) is 0 Å². The number of hydrogen-bond acceptors (Lipinski definition) is 3. The second-order valence-corrected chi connectivity index (χ2v) is 4.11. The Morgan fingerprint density at radius 2 is 2.00 bits per heavy atom. The van der Waals surface area contributed by atoms with Gasteiger partial charge in [0.2, 0.25) is 0 Å². The molecule has 0 atom stereocenters. The van der Waals surface area contributed by atoms with E-state index in [-0.39, 0.29) is 11.3 Å². The molecule has 1 aromatic rings. The normalized spacial score (nSPS) is 11.2. The first kappa shape index (κ1) is 10.7. The highest BCUT2D eigenvalue weighted by Crippen LogP contribution is 2.11. The molecule has 0 fully saturated rings. The third kappa shape index (κ3) is 2.82. The zero-order valence-corrected chi connectivity index (χ0v) is 7.86. The highest BCUT2D eigenvalue weighted by atomic mass is 32.2. The Bertz CT molecular complexity index is 449. The topological polar surface area (TPSA) is 91.7 Å². The third-order valence-corrected chi connectivity index (χ3v) is 2.40. The first-order valence-electron chi connectivity index (χ1n) is 3.68. The number of rotatable bonds is 3. The summed E-state index contributed by atoms with van der Waals surface area (Å²) in [5.74, 6) is -1.06. The minimum atomic E-state index is -4.25. The lowest BCUT2D eigenvalue weighted by atomic mass is 10.2. The lowest BCUT2D eigenvalue weighted by Crippen LogP contribution is -2.03. The Labute approximate surface area is 80.7 Å². The van der Waals surface area contributed by atoms with Gasteiger partial charge in [-0.05, 0) is 17.7 Å². The fourth-order valence-corrected chi connectivity index (χ4v) is 1.54. The van der Waals surface area contributed by atoms with Crippen LogP contribution in [0.3, 0.4) is 0 Å². The van der Waals surface area contributed by atoms with Gasteiger partial charge in [0.05, 0.1) is 11.3 Å². The highest BCUT2D eigenvalue weighted by molar-refractivity contribution is 7.85. The molecule has 76 valence electrons. The number of carboxylic acid groups (broad SMARTS) is 1. The average Bonchev–Trinajstić information content (AvgIpc) is 2.01. The Hall–Kier alpha value is -1.40. The summed E-state index contributed by atoms with van der Waals surface area (Å²) in [5, 5.41) is 8.45. The monoisotopic (exact) mass is 216 g/mol. The van der Waals surface area contributed by atoms with Crippen LogP contribution in [0, 0.1) is 0 Å². The van der Waals surface area contributed by atoms with Crippen molar-refractivity contribution in [3.05, 3.63) is 29.8 Å². The van der Waals surface area contributed by atoms with E-state index in [0.29, 0.717) is 5.56 Å². The molecule has 6 heteroatoms. The van der Waals surface area contributed by atoms with Crippen molar-refractivity contribution >= 4 is 16.1 Å². The van der Waals surface area contributed by atoms with Gasteiger partial charge >= 0.3 is 5.97 Å². The molecule has 2 N–H and O–H groups in total. The number of benzene rings is 1. The standard InChI is InChI=1S/C8H8O5S/c9-8(10)5-6-2-1-3-7(4-6)14(11,12)13/h1-4H,5H2,(H,9,10)(H,11,12,13). The van der Waals surface area contributed by atoms with Crippen molar-refractivity contribution in [2.45, 2.75) is 11.3 Å². The van der Waals surface area contributed by atoms with Crippen LogP contribution in [0.15, 0.2) is 29.2 Å². The van der Waals surface area contributed by atoms with E-state index >= 15 is 0 Å². The molecule has 1 aromatic carbocycles. The van der Waals surface area contributed by atoms with Crippen molar-refractivity contribution < 1.29 is 22.9 Å². The largest absolute Gasteiger partial charge is 0.481 e. The lowest BCUT2D eigenvalue weighted by molar-refractivity contribution is -0.136. The quantitative estimate of drug-likeness (QED) is 0.720. The number of carboxylic acids is 1. The smallest absolute Gasteiger partial charge is 0.307 e. The van der Waals surface area contributed by atoms with Crippen molar-refractivity contribution in [2.24, 2.45) is 0 Å². The molecule has 0 aliphatic carbocycles. The zero-order chi connectivity index (χ0) is 10.8. The van der Waals surface area contributed by atoms with Crippen LogP contribution in [-0.2, 0) is 21.3 Å². The van der Waals surface area contributed by atoms with Crippen LogP contribution in [0.1, 0.15) is 5.56 Å². The van der Waals surface area contributed by atoms with Gasteiger partial charge in [0.25, 0.3) is 10.1 Å². The van der Waals surface area contributed by atoms with E-state index in [2.05, 4.69) is 0 Å². The Balaban J connectivity index is 3.08. The highest BCUT2D eigenvalue weighted by Gasteiger charge is 2.10. The predicted octanol–water partition coefficient (Wildman–Crippen LogP) is 0.560. The van der Waals surface area contributed by atoms with Crippen molar-refractivity contribution in [1.82, 2.24) is 0 Å². The summed E-state index contributed by atoms with van der Waals surface area (Å²) in [7, 11) is -4.25. The Kier molecular flexibility index (Phi) is 2.87. The molecule has 0 unspecified atom stereocenters. The fourth-order valence-electron chi connectivity index (χ4n) is 0.991. The van der Waals surface area contributed by atoms with Crippen LogP contribution in [0.5, 0.6) is 0 Å². The minimum absolute atomic E-state index is 0.274. The molecule has 0 aliphatic heterocycles. The van der Waals surface area contributed by atoms with E-state index in [0.717, 1.165) is 6.07 Å². The van der Waals surface area contributed by atoms with Gasteiger partial charge in [-0.2, -0.15) is 8.42 Å². The van der Waals surface area contributed by atoms with E-state index in [1.165, 1.54) is 18.2 Å². The molecule has 0 bridgehead atoms. The zero-order valence-electron chi connectivity index (χ0n) is 7.04. The molecule has 0 heterocycles. The van der Waals surface area contributed by atoms with Crippen molar-refractivity contribution in [3.8, 4) is 0 Å². The first-order chi connectivity index (χ1) is 6.39. The van der Waals surface area contributed by atoms with Crippen LogP contribution in [0.2, 0.25) is 0 Å². The Morgan fingerprint density at radius 1 is 1.36 bits per heavy atom. The minimum Gasteiger partial charge on any atom is -0.481 e. The maximum Gasteiger partial charge on any atom is 0.307 e. The molecule has 5 nitrogen and oxygen atoms in total. The summed E-state index contributed by atoms with van der Waals surface area (Å²) in [6, 6.07) is 5.17. The predicted molar refractivity (Wildman–Crippen MR) is 47.6 cm³/mol. The van der Waals surface area contributed by atoms with E-state index in [4.69, 9.17) is 9.66 Å². The second-order valence-electron chi connectivity index (χ2n) is 2.69. The van der Waals surface area contributed by atoms with E-state index in [1.54, 1.807) is 0 Å². The summed E-state index contributed by atoms with van der Waals surface area (Å²) < 4.78 is 30.0. The summed E-state index contributed by atoms with van der Waals surface area (Å²) in [4.78, 5) is 10.0. The molecule has 0 radical (unpaired) electrons. The molecule has 0 amide bonds. The molecule has 0 spiro atoms. The third-order valence-electron chi connectivity index (χ3n) is 1.55. The summed E-state index contributed by atoms with van der Waals surface area (Å²) in [6.07, 6.45) is -0.274. The number of carbonyl (C=O) groups is 1. The van der Waals surface area contributed by atoms with Gasteiger partial charge < -0.3 is 5.11 Å². The van der Waals surface area contributed by atoms with E-state index < -0.39 is 16.1 Å². The van der Waals surface area contributed by atoms with E-state index in [1.807, 2.05) is 0 Å². The van der Waals surface area contributed by atoms with Crippen LogP contribution in [0.25, 0.3) is 0 Å². The van der Waals surface area contributed by atoms with Gasteiger partial charge in [0, 0.05) is 0 Å². The summed E-state index contributed by atoms with van der Waals surface area (Å²) >= 11 is 0. The maximum absolute atomic E-state index is 10.7. The van der Waals surface area contributed by atoms with Gasteiger partial charge in [0.1, 0.15) is 0 Å². The van der Waals surface area contributed by atoms with Crippen molar-refractivity contribution in [1.29, 1.82) is 0 Å². The number of aliphatic carboxylic acids is 1. The van der Waals surface area contributed by atoms with Crippen LogP contribution in [0.4, 0.5) is 0 Å². The molecular weight excluding hydrogens is 208 g/mol. The molecule has 1 rings (SSSR count). The van der Waals surface area contributed by atoms with Gasteiger partial charge in [-0.1, -0.05) is 12.1 Å². The summed E-state index contributed by atoms with van der Waals surface area (Å²) in [6.45, 7) is 0. The molecule has 0 aliphatic rings. The summed E-state index contributed by atoms with van der Waals surface area (Å²) in [5.41, 5.74) is 0.327. The number of hydrogen-bond donors (Lipinski definition) is 2. The average molecular weight is 216 g/mol. The molecule has 0 saturated heterocycles. The maximum atomic E-state index is 10.7. The lowest BCUT2D eigenvalue weighted by Gasteiger charge is -1.99. The van der Waals surface area contributed by atoms with Crippen molar-refractivity contribution in [3.63, 3.8) is 0 Å². The second kappa shape index (κ2) is 3.77. The van der Waals surface area contributed by atoms with Crippen LogP contribution >= 0.6 is 0 Å². The SMILES string of the molecule is O=C(O)Cc1cccc(S(=O)(=O)O)c1.